The van der Waals surface area contributed by atoms with Gasteiger partial charge in [-0.2, -0.15) is 4.73 Å². The number of ketones is 1. The second-order valence-electron chi connectivity index (χ2n) is 6.64. The van der Waals surface area contributed by atoms with Gasteiger partial charge in [0.1, 0.15) is 0 Å². The molecule has 0 unspecified atom stereocenters. The average Bonchev–Trinajstić information content (AvgIpc) is 2.75. The summed E-state index contributed by atoms with van der Waals surface area (Å²) in [6, 6.07) is 3.99. The van der Waals surface area contributed by atoms with Gasteiger partial charge < -0.3 is 15.4 Å². The molecule has 2 amide bonds. The van der Waals surface area contributed by atoms with Crippen molar-refractivity contribution in [3.05, 3.63) is 41.7 Å². The van der Waals surface area contributed by atoms with E-state index in [0.717, 1.165) is 0 Å². The van der Waals surface area contributed by atoms with Crippen molar-refractivity contribution in [2.24, 2.45) is 5.92 Å². The molecule has 1 radical (unpaired) electrons. The van der Waals surface area contributed by atoms with E-state index < -0.39 is 11.9 Å². The first-order valence-electron chi connectivity index (χ1n) is 8.52. The van der Waals surface area contributed by atoms with Gasteiger partial charge in [0.25, 0.3) is 5.69 Å². The molecule has 1 N–H and O–H groups in total. The largest absolute Gasteiger partial charge is 0.618 e. The van der Waals surface area contributed by atoms with Crippen LogP contribution < -0.4 is 10.0 Å². The highest BCUT2D eigenvalue weighted by atomic mass is 16.5. The third-order valence-corrected chi connectivity index (χ3v) is 4.08. The molecule has 135 valence electrons. The minimum Gasteiger partial charge on any atom is -0.618 e. The first-order valence-corrected chi connectivity index (χ1v) is 8.52. The van der Waals surface area contributed by atoms with Crippen LogP contribution in [0, 0.1) is 17.5 Å². The van der Waals surface area contributed by atoms with Crippen LogP contribution in [0.1, 0.15) is 43.6 Å². The number of nitrogens with one attached hydrogen (secondary N) is 1. The molecule has 0 spiro atoms. The molecular formula is C18H24N3O4. The molecule has 1 aromatic heterocycles. The van der Waals surface area contributed by atoms with Gasteiger partial charge in [-0.3, -0.25) is 14.4 Å². The van der Waals surface area contributed by atoms with Crippen LogP contribution in [0.15, 0.2) is 24.4 Å². The smallest absolute Gasteiger partial charge is 0.320 e. The van der Waals surface area contributed by atoms with Crippen LogP contribution in [0.3, 0.4) is 0 Å². The Bertz CT molecular complexity index is 645. The lowest BCUT2D eigenvalue weighted by atomic mass is 10.1. The number of carbonyl (C=O) groups excluding carboxylic acids is 3. The fourth-order valence-corrected chi connectivity index (χ4v) is 2.68. The molecule has 25 heavy (non-hydrogen) atoms. The predicted octanol–water partition coefficient (Wildman–Crippen LogP) is 0.860. The van der Waals surface area contributed by atoms with Crippen molar-refractivity contribution < 1.29 is 19.1 Å². The zero-order valence-corrected chi connectivity index (χ0v) is 14.6. The lowest BCUT2D eigenvalue weighted by Crippen LogP contribution is -2.46. The molecule has 1 aliphatic rings. The standard InChI is InChI=1S/C18H24N3O4/c1-13(2)8-9-17(23)19-14-6-5-10-20(12-16(14)22)18(24)15-7-3-4-11-21(15)25/h3-4,7,9,11,13-14H,5-6,8,10,12H2,1-2H3,(H,19,23)/t14-/m0/s1. The number of aromatic nitrogens is 1. The van der Waals surface area contributed by atoms with Crippen LogP contribution >= 0.6 is 0 Å². The van der Waals surface area contributed by atoms with Crippen molar-refractivity contribution in [2.45, 2.75) is 39.2 Å². The van der Waals surface area contributed by atoms with Gasteiger partial charge in [-0.15, -0.1) is 0 Å². The van der Waals surface area contributed by atoms with E-state index in [0.29, 0.717) is 36.5 Å². The van der Waals surface area contributed by atoms with E-state index in [1.54, 1.807) is 12.5 Å². The second-order valence-corrected chi connectivity index (χ2v) is 6.64. The minimum absolute atomic E-state index is 0.0111. The highest BCUT2D eigenvalue weighted by Gasteiger charge is 2.31. The van der Waals surface area contributed by atoms with E-state index in [1.165, 1.54) is 23.2 Å². The summed E-state index contributed by atoms with van der Waals surface area (Å²) < 4.78 is 0.498. The Morgan fingerprint density at radius 1 is 1.44 bits per heavy atom. The Morgan fingerprint density at radius 3 is 2.88 bits per heavy atom. The van der Waals surface area contributed by atoms with Crippen molar-refractivity contribution >= 4 is 17.6 Å². The molecule has 0 saturated carbocycles. The van der Waals surface area contributed by atoms with Gasteiger partial charge in [0.2, 0.25) is 5.91 Å². The van der Waals surface area contributed by atoms with E-state index in [1.807, 2.05) is 13.8 Å². The lowest BCUT2D eigenvalue weighted by Gasteiger charge is -2.19. The van der Waals surface area contributed by atoms with E-state index in [9.17, 15) is 19.6 Å². The Kier molecular flexibility index (Phi) is 6.50. The number of pyridine rings is 1. The normalized spacial score (nSPS) is 18.1. The monoisotopic (exact) mass is 346 g/mol. The molecule has 0 bridgehead atoms. The number of amides is 2. The van der Waals surface area contributed by atoms with Gasteiger partial charge >= 0.3 is 5.91 Å². The number of Topliss-reactive ketones (excluding diaryl/α,β-unsaturated/α-hetero) is 1. The first kappa shape index (κ1) is 18.9. The molecule has 1 fully saturated rings. The number of hydrogen-bond acceptors (Lipinski definition) is 4. The van der Waals surface area contributed by atoms with Gasteiger partial charge in [-0.05, 0) is 31.2 Å². The van der Waals surface area contributed by atoms with Crippen molar-refractivity contribution in [3.63, 3.8) is 0 Å². The minimum atomic E-state index is -0.594. The zero-order valence-electron chi connectivity index (χ0n) is 14.6. The fourth-order valence-electron chi connectivity index (χ4n) is 2.68. The molecule has 7 heteroatoms. The van der Waals surface area contributed by atoms with Gasteiger partial charge in [0, 0.05) is 25.1 Å². The summed E-state index contributed by atoms with van der Waals surface area (Å²) in [5, 5.41) is 14.5. The van der Waals surface area contributed by atoms with Crippen molar-refractivity contribution in [1.82, 2.24) is 10.2 Å². The Morgan fingerprint density at radius 2 is 2.20 bits per heavy atom. The topological polar surface area (TPSA) is 93.4 Å². The van der Waals surface area contributed by atoms with E-state index in [2.05, 4.69) is 5.32 Å². The molecule has 7 nitrogen and oxygen atoms in total. The lowest BCUT2D eigenvalue weighted by molar-refractivity contribution is -0.608. The molecule has 0 aliphatic carbocycles. The Hall–Kier alpha value is -2.44. The number of likely N-dealkylation sites (tertiary alicyclic amines) is 1. The molecule has 2 rings (SSSR count). The first-order chi connectivity index (χ1) is 11.9. The third-order valence-electron chi connectivity index (χ3n) is 4.08. The summed E-state index contributed by atoms with van der Waals surface area (Å²) in [7, 11) is 0. The zero-order chi connectivity index (χ0) is 18.4. The van der Waals surface area contributed by atoms with Crippen LogP contribution in [0.5, 0.6) is 0 Å². The Labute approximate surface area is 147 Å². The quantitative estimate of drug-likeness (QED) is 0.632. The number of nitrogens with zero attached hydrogens (tertiary/aromatic N) is 2. The predicted molar refractivity (Wildman–Crippen MR) is 91.2 cm³/mol. The summed E-state index contributed by atoms with van der Waals surface area (Å²) in [6.07, 6.45) is 4.51. The maximum atomic E-state index is 12.5. The van der Waals surface area contributed by atoms with Crippen LogP contribution in [-0.2, 0) is 9.59 Å². The van der Waals surface area contributed by atoms with Crippen molar-refractivity contribution in [1.29, 1.82) is 0 Å². The van der Waals surface area contributed by atoms with Gasteiger partial charge in [0.15, 0.2) is 12.0 Å². The maximum absolute atomic E-state index is 12.5. The van der Waals surface area contributed by atoms with Gasteiger partial charge in [0.05, 0.1) is 12.6 Å². The summed E-state index contributed by atoms with van der Waals surface area (Å²) >= 11 is 0. The van der Waals surface area contributed by atoms with Crippen molar-refractivity contribution in [3.8, 4) is 0 Å². The molecule has 0 aromatic carbocycles. The highest BCUT2D eigenvalue weighted by molar-refractivity contribution is 5.97. The average molecular weight is 346 g/mol. The molecule has 1 aliphatic heterocycles. The Balaban J connectivity index is 1.97. The van der Waals surface area contributed by atoms with Crippen LogP contribution in [0.4, 0.5) is 0 Å². The maximum Gasteiger partial charge on any atom is 0.320 e. The molecule has 1 atom stereocenters. The summed E-state index contributed by atoms with van der Waals surface area (Å²) in [5.41, 5.74) is -0.0111. The number of hydrogen-bond donors (Lipinski definition) is 1. The molecule has 1 aromatic rings. The molecule has 2 heterocycles. The van der Waals surface area contributed by atoms with Crippen molar-refractivity contribution in [2.75, 3.05) is 13.1 Å². The third kappa shape index (κ3) is 5.27. The number of rotatable bonds is 5. The summed E-state index contributed by atoms with van der Waals surface area (Å²) in [5.74, 6) is -0.575. The SMILES string of the molecule is CC(C)C[CH]C(=O)N[C@H]1CCCN(C(=O)c2cccc[n+]2[O-])CC1=O. The fraction of sp³-hybridized carbons (Fsp3) is 0.500. The van der Waals surface area contributed by atoms with E-state index in [-0.39, 0.29) is 23.9 Å². The van der Waals surface area contributed by atoms with Crippen LogP contribution in [0.2, 0.25) is 0 Å². The highest BCUT2D eigenvalue weighted by Crippen LogP contribution is 2.12. The summed E-state index contributed by atoms with van der Waals surface area (Å²) in [6.45, 7) is 4.29. The summed E-state index contributed by atoms with van der Waals surface area (Å²) in [4.78, 5) is 38.2. The van der Waals surface area contributed by atoms with E-state index >= 15 is 0 Å². The van der Waals surface area contributed by atoms with E-state index in [4.69, 9.17) is 0 Å². The van der Waals surface area contributed by atoms with Gasteiger partial charge in [-0.25, -0.2) is 0 Å². The second kappa shape index (κ2) is 8.60. The molecule has 1 saturated heterocycles. The van der Waals surface area contributed by atoms with Gasteiger partial charge in [-0.1, -0.05) is 13.8 Å². The number of carbonyl (C=O) groups is 3. The van der Waals surface area contributed by atoms with Crippen LogP contribution in [-0.4, -0.2) is 41.6 Å². The molecular weight excluding hydrogens is 322 g/mol. The van der Waals surface area contributed by atoms with Crippen LogP contribution in [0.25, 0.3) is 0 Å².